The standard InChI is InChI=1S/C20H35NO7/c1-8-26-15(23)13-11-9-10-12-14(22)21-16(17(24)27-19(2,3)4)18(25)28-20(5,6)7/h16H,8-13H2,1-7H3,(H,21,22). The van der Waals surface area contributed by atoms with E-state index in [-0.39, 0.29) is 12.4 Å². The van der Waals surface area contributed by atoms with Gasteiger partial charge in [0.15, 0.2) is 0 Å². The summed E-state index contributed by atoms with van der Waals surface area (Å²) in [6.07, 6.45) is 2.18. The fourth-order valence-electron chi connectivity index (χ4n) is 2.13. The van der Waals surface area contributed by atoms with E-state index in [9.17, 15) is 19.2 Å². The van der Waals surface area contributed by atoms with Gasteiger partial charge in [0.05, 0.1) is 6.61 Å². The molecule has 1 amide bonds. The molecule has 0 rings (SSSR count). The topological polar surface area (TPSA) is 108 Å². The van der Waals surface area contributed by atoms with Crippen LogP contribution < -0.4 is 5.32 Å². The summed E-state index contributed by atoms with van der Waals surface area (Å²) in [7, 11) is 0. The number of carbonyl (C=O) groups excluding carboxylic acids is 4. The molecule has 0 aliphatic carbocycles. The molecule has 0 spiro atoms. The van der Waals surface area contributed by atoms with Crippen LogP contribution in [0.4, 0.5) is 0 Å². The van der Waals surface area contributed by atoms with E-state index in [1.807, 2.05) is 0 Å². The summed E-state index contributed by atoms with van der Waals surface area (Å²) in [4.78, 5) is 48.1. The van der Waals surface area contributed by atoms with Crippen LogP contribution in [0.25, 0.3) is 0 Å². The highest BCUT2D eigenvalue weighted by molar-refractivity contribution is 6.02. The van der Waals surface area contributed by atoms with Crippen molar-refractivity contribution < 1.29 is 33.4 Å². The number of amides is 1. The number of unbranched alkanes of at least 4 members (excludes halogenated alkanes) is 2. The van der Waals surface area contributed by atoms with Crippen molar-refractivity contribution in [3.05, 3.63) is 0 Å². The molecule has 162 valence electrons. The quantitative estimate of drug-likeness (QED) is 0.259. The highest BCUT2D eigenvalue weighted by atomic mass is 16.6. The van der Waals surface area contributed by atoms with Crippen LogP contribution in [0, 0.1) is 0 Å². The van der Waals surface area contributed by atoms with Crippen molar-refractivity contribution >= 4 is 23.8 Å². The minimum atomic E-state index is -1.52. The molecule has 0 aliphatic rings. The van der Waals surface area contributed by atoms with Crippen LogP contribution in [0.2, 0.25) is 0 Å². The predicted octanol–water partition coefficient (Wildman–Crippen LogP) is 2.67. The molecule has 0 saturated carbocycles. The third-order valence-electron chi connectivity index (χ3n) is 3.18. The second-order valence-corrected chi connectivity index (χ2v) is 8.43. The van der Waals surface area contributed by atoms with E-state index >= 15 is 0 Å². The van der Waals surface area contributed by atoms with E-state index in [2.05, 4.69) is 5.32 Å². The monoisotopic (exact) mass is 401 g/mol. The molecular weight excluding hydrogens is 366 g/mol. The Morgan fingerprint density at radius 3 is 1.68 bits per heavy atom. The van der Waals surface area contributed by atoms with E-state index in [1.54, 1.807) is 48.5 Å². The van der Waals surface area contributed by atoms with Crippen molar-refractivity contribution in [2.24, 2.45) is 0 Å². The highest BCUT2D eigenvalue weighted by Crippen LogP contribution is 2.13. The first-order valence-electron chi connectivity index (χ1n) is 9.66. The lowest BCUT2D eigenvalue weighted by molar-refractivity contribution is -0.171. The van der Waals surface area contributed by atoms with Gasteiger partial charge in [0.1, 0.15) is 11.2 Å². The molecule has 0 aromatic heterocycles. The van der Waals surface area contributed by atoms with Gasteiger partial charge < -0.3 is 19.5 Å². The smallest absolute Gasteiger partial charge is 0.340 e. The second-order valence-electron chi connectivity index (χ2n) is 8.43. The fourth-order valence-corrected chi connectivity index (χ4v) is 2.13. The molecule has 8 nitrogen and oxygen atoms in total. The van der Waals surface area contributed by atoms with Crippen molar-refractivity contribution in [2.75, 3.05) is 6.61 Å². The third kappa shape index (κ3) is 13.1. The molecular formula is C20H35NO7. The molecule has 0 radical (unpaired) electrons. The summed E-state index contributed by atoms with van der Waals surface area (Å²) in [5.74, 6) is -2.45. The lowest BCUT2D eigenvalue weighted by Gasteiger charge is -2.26. The summed E-state index contributed by atoms with van der Waals surface area (Å²) >= 11 is 0. The molecule has 0 bridgehead atoms. The lowest BCUT2D eigenvalue weighted by Crippen LogP contribution is -2.51. The molecule has 0 aromatic rings. The minimum absolute atomic E-state index is 0.116. The van der Waals surface area contributed by atoms with Gasteiger partial charge in [-0.1, -0.05) is 6.42 Å². The Balaban J connectivity index is 4.68. The van der Waals surface area contributed by atoms with Gasteiger partial charge in [0, 0.05) is 12.8 Å². The zero-order valence-electron chi connectivity index (χ0n) is 18.2. The lowest BCUT2D eigenvalue weighted by atomic mass is 10.1. The van der Waals surface area contributed by atoms with Crippen LogP contribution in [0.3, 0.4) is 0 Å². The molecule has 0 heterocycles. The molecule has 8 heteroatoms. The minimum Gasteiger partial charge on any atom is -0.466 e. The van der Waals surface area contributed by atoms with Crippen molar-refractivity contribution in [1.29, 1.82) is 0 Å². The van der Waals surface area contributed by atoms with Crippen molar-refractivity contribution in [3.8, 4) is 0 Å². The van der Waals surface area contributed by atoms with E-state index in [0.29, 0.717) is 32.3 Å². The van der Waals surface area contributed by atoms with E-state index in [1.165, 1.54) is 0 Å². The maximum atomic E-state index is 12.3. The van der Waals surface area contributed by atoms with E-state index in [0.717, 1.165) is 0 Å². The Morgan fingerprint density at radius 1 is 0.786 bits per heavy atom. The van der Waals surface area contributed by atoms with Crippen molar-refractivity contribution in [1.82, 2.24) is 5.32 Å². The zero-order chi connectivity index (χ0) is 22.0. The molecule has 0 atom stereocenters. The average Bonchev–Trinajstić information content (AvgIpc) is 2.48. The molecule has 0 unspecified atom stereocenters. The molecule has 0 aromatic carbocycles. The zero-order valence-corrected chi connectivity index (χ0v) is 18.2. The van der Waals surface area contributed by atoms with Gasteiger partial charge in [-0.2, -0.15) is 0 Å². The number of esters is 3. The van der Waals surface area contributed by atoms with Crippen LogP contribution in [-0.4, -0.2) is 47.7 Å². The fraction of sp³-hybridized carbons (Fsp3) is 0.800. The Morgan fingerprint density at radius 2 is 1.25 bits per heavy atom. The van der Waals surface area contributed by atoms with Gasteiger partial charge in [-0.05, 0) is 61.3 Å². The molecule has 0 aliphatic heterocycles. The molecule has 0 saturated heterocycles. The molecule has 1 N–H and O–H groups in total. The maximum absolute atomic E-state index is 12.3. The average molecular weight is 402 g/mol. The number of carbonyl (C=O) groups is 4. The first-order chi connectivity index (χ1) is 12.7. The Bertz CT molecular complexity index is 516. The molecule has 0 fully saturated rings. The summed E-state index contributed by atoms with van der Waals surface area (Å²) in [6.45, 7) is 12.1. The van der Waals surface area contributed by atoms with Gasteiger partial charge in [0.25, 0.3) is 0 Å². The summed E-state index contributed by atoms with van der Waals surface area (Å²) in [6, 6.07) is -1.52. The summed E-state index contributed by atoms with van der Waals surface area (Å²) < 4.78 is 15.3. The van der Waals surface area contributed by atoms with E-state index in [4.69, 9.17) is 14.2 Å². The van der Waals surface area contributed by atoms with Crippen LogP contribution >= 0.6 is 0 Å². The Labute approximate surface area is 167 Å². The van der Waals surface area contributed by atoms with Crippen LogP contribution in [0.15, 0.2) is 0 Å². The van der Waals surface area contributed by atoms with Crippen molar-refractivity contribution in [2.45, 2.75) is 97.8 Å². The van der Waals surface area contributed by atoms with Crippen molar-refractivity contribution in [3.63, 3.8) is 0 Å². The van der Waals surface area contributed by atoms with Gasteiger partial charge in [-0.25, -0.2) is 9.59 Å². The van der Waals surface area contributed by atoms with Crippen LogP contribution in [0.5, 0.6) is 0 Å². The van der Waals surface area contributed by atoms with Gasteiger partial charge in [-0.15, -0.1) is 0 Å². The van der Waals surface area contributed by atoms with Crippen LogP contribution in [-0.2, 0) is 33.4 Å². The first-order valence-corrected chi connectivity index (χ1v) is 9.66. The maximum Gasteiger partial charge on any atom is 0.340 e. The van der Waals surface area contributed by atoms with Gasteiger partial charge >= 0.3 is 17.9 Å². The van der Waals surface area contributed by atoms with Gasteiger partial charge in [-0.3, -0.25) is 9.59 Å². The second kappa shape index (κ2) is 11.7. The number of hydrogen-bond acceptors (Lipinski definition) is 7. The van der Waals surface area contributed by atoms with E-state index < -0.39 is 35.1 Å². The Hall–Kier alpha value is -2.12. The number of nitrogens with one attached hydrogen (secondary N) is 1. The SMILES string of the molecule is CCOC(=O)CCCCCC(=O)NC(C(=O)OC(C)(C)C)C(=O)OC(C)(C)C. The first kappa shape index (κ1) is 25.9. The van der Waals surface area contributed by atoms with Crippen LogP contribution in [0.1, 0.15) is 80.6 Å². The number of hydrogen-bond donors (Lipinski definition) is 1. The highest BCUT2D eigenvalue weighted by Gasteiger charge is 2.36. The Kier molecular flexibility index (Phi) is 10.8. The normalized spacial score (nSPS) is 11.7. The largest absolute Gasteiger partial charge is 0.466 e. The number of rotatable bonds is 10. The third-order valence-corrected chi connectivity index (χ3v) is 3.18. The van der Waals surface area contributed by atoms with Gasteiger partial charge in [0.2, 0.25) is 11.9 Å². The predicted molar refractivity (Wildman–Crippen MR) is 103 cm³/mol. The molecule has 28 heavy (non-hydrogen) atoms. The summed E-state index contributed by atoms with van der Waals surface area (Å²) in [5, 5.41) is 2.40. The number of ether oxygens (including phenoxy) is 3. The summed E-state index contributed by atoms with van der Waals surface area (Å²) in [5.41, 5.74) is -1.62.